The Labute approximate surface area is 120 Å². The molecule has 4 heteroatoms. The van der Waals surface area contributed by atoms with Crippen LogP contribution in [0.1, 0.15) is 52.4 Å². The standard InChI is InChI=1S/C11H20I2O2/c1-3-4-5-6-7-8-10(11(12)13)15-9(2)14/h10-11H,3-8H2,1-2H3. The first-order valence-electron chi connectivity index (χ1n) is 5.53. The smallest absolute Gasteiger partial charge is 0.302 e. The molecule has 90 valence electrons. The maximum absolute atomic E-state index is 10.9. The molecule has 1 unspecified atom stereocenters. The van der Waals surface area contributed by atoms with E-state index < -0.39 is 0 Å². The third kappa shape index (κ3) is 9.84. The summed E-state index contributed by atoms with van der Waals surface area (Å²) in [6.07, 6.45) is 7.40. The van der Waals surface area contributed by atoms with Gasteiger partial charge in [-0.15, -0.1) is 0 Å². The highest BCUT2D eigenvalue weighted by Gasteiger charge is 2.18. The molecular formula is C11H20I2O2. The van der Waals surface area contributed by atoms with E-state index in [1.54, 1.807) is 0 Å². The summed E-state index contributed by atoms with van der Waals surface area (Å²) in [5, 5.41) is 0. The Morgan fingerprint density at radius 1 is 1.20 bits per heavy atom. The Morgan fingerprint density at radius 3 is 2.27 bits per heavy atom. The second-order valence-electron chi connectivity index (χ2n) is 3.69. The molecule has 0 spiro atoms. The van der Waals surface area contributed by atoms with Crippen molar-refractivity contribution >= 4 is 51.2 Å². The number of esters is 1. The maximum Gasteiger partial charge on any atom is 0.302 e. The highest BCUT2D eigenvalue weighted by Crippen LogP contribution is 2.22. The average Bonchev–Trinajstić information content (AvgIpc) is 2.15. The summed E-state index contributed by atoms with van der Waals surface area (Å²) in [5.74, 6) is -0.160. The zero-order valence-electron chi connectivity index (χ0n) is 9.47. The molecule has 0 rings (SSSR count). The van der Waals surface area contributed by atoms with Crippen LogP contribution in [0.2, 0.25) is 0 Å². The highest BCUT2D eigenvalue weighted by atomic mass is 127. The van der Waals surface area contributed by atoms with Crippen LogP contribution in [0.4, 0.5) is 0 Å². The molecule has 1 atom stereocenters. The van der Waals surface area contributed by atoms with Crippen molar-refractivity contribution in [2.24, 2.45) is 0 Å². The maximum atomic E-state index is 10.9. The van der Waals surface area contributed by atoms with Crippen LogP contribution in [-0.4, -0.2) is 14.0 Å². The molecule has 15 heavy (non-hydrogen) atoms. The number of hydrogen-bond acceptors (Lipinski definition) is 2. The van der Waals surface area contributed by atoms with Gasteiger partial charge in [0, 0.05) is 6.92 Å². The van der Waals surface area contributed by atoms with Gasteiger partial charge < -0.3 is 4.74 Å². The Hall–Kier alpha value is 0.930. The lowest BCUT2D eigenvalue weighted by Crippen LogP contribution is -2.22. The van der Waals surface area contributed by atoms with Crippen LogP contribution < -0.4 is 0 Å². The van der Waals surface area contributed by atoms with Gasteiger partial charge in [-0.3, -0.25) is 4.79 Å². The molecule has 0 N–H and O–H groups in total. The van der Waals surface area contributed by atoms with Crippen molar-refractivity contribution in [1.29, 1.82) is 0 Å². The van der Waals surface area contributed by atoms with Gasteiger partial charge in [-0.05, 0) is 12.8 Å². The van der Waals surface area contributed by atoms with Crippen molar-refractivity contribution < 1.29 is 9.53 Å². The summed E-state index contributed by atoms with van der Waals surface area (Å²) in [6, 6.07) is 0. The van der Waals surface area contributed by atoms with E-state index in [0.717, 1.165) is 6.42 Å². The van der Waals surface area contributed by atoms with Gasteiger partial charge in [0.25, 0.3) is 0 Å². The van der Waals surface area contributed by atoms with Crippen LogP contribution in [0.25, 0.3) is 0 Å². The SMILES string of the molecule is CCCCCCCC(OC(C)=O)C(I)I. The molecule has 0 heterocycles. The number of carbonyl (C=O) groups excluding carboxylic acids is 1. The minimum atomic E-state index is -0.160. The van der Waals surface area contributed by atoms with E-state index in [-0.39, 0.29) is 12.1 Å². The van der Waals surface area contributed by atoms with Gasteiger partial charge >= 0.3 is 5.97 Å². The second-order valence-corrected chi connectivity index (χ2v) is 8.75. The zero-order chi connectivity index (χ0) is 11.7. The van der Waals surface area contributed by atoms with E-state index in [0.29, 0.717) is 1.93 Å². The molecule has 0 aliphatic carbocycles. The molecule has 0 amide bonds. The van der Waals surface area contributed by atoms with Crippen LogP contribution in [0, 0.1) is 0 Å². The van der Waals surface area contributed by atoms with Gasteiger partial charge in [0.05, 0.1) is 1.93 Å². The molecular weight excluding hydrogens is 418 g/mol. The molecule has 0 aliphatic rings. The van der Waals surface area contributed by atoms with Gasteiger partial charge in [-0.2, -0.15) is 0 Å². The number of hydrogen-bond donors (Lipinski definition) is 0. The van der Waals surface area contributed by atoms with Crippen molar-refractivity contribution in [3.8, 4) is 0 Å². The third-order valence-electron chi connectivity index (χ3n) is 2.19. The molecule has 0 aromatic heterocycles. The van der Waals surface area contributed by atoms with Gasteiger partial charge in [0.15, 0.2) is 0 Å². The van der Waals surface area contributed by atoms with E-state index in [4.69, 9.17) is 4.74 Å². The quantitative estimate of drug-likeness (QED) is 0.242. The van der Waals surface area contributed by atoms with Crippen LogP contribution in [0.15, 0.2) is 0 Å². The number of ether oxygens (including phenoxy) is 1. The second kappa shape index (κ2) is 10.1. The highest BCUT2D eigenvalue weighted by molar-refractivity contribution is 14.2. The van der Waals surface area contributed by atoms with E-state index in [9.17, 15) is 4.79 Å². The van der Waals surface area contributed by atoms with Gasteiger partial charge in [-0.1, -0.05) is 77.8 Å². The van der Waals surface area contributed by atoms with E-state index >= 15 is 0 Å². The molecule has 0 saturated carbocycles. The minimum Gasteiger partial charge on any atom is -0.461 e. The fourth-order valence-corrected chi connectivity index (χ4v) is 2.41. The molecule has 0 fully saturated rings. The first-order chi connectivity index (χ1) is 7.07. The van der Waals surface area contributed by atoms with Gasteiger partial charge in [0.2, 0.25) is 0 Å². The summed E-state index contributed by atoms with van der Waals surface area (Å²) in [4.78, 5) is 10.9. The topological polar surface area (TPSA) is 26.3 Å². The van der Waals surface area contributed by atoms with Gasteiger partial charge in [-0.25, -0.2) is 0 Å². The number of carbonyl (C=O) groups is 1. The van der Waals surface area contributed by atoms with Crippen LogP contribution in [0.5, 0.6) is 0 Å². The van der Waals surface area contributed by atoms with Gasteiger partial charge in [0.1, 0.15) is 6.10 Å². The lowest BCUT2D eigenvalue weighted by atomic mass is 10.1. The molecule has 0 aromatic carbocycles. The number of rotatable bonds is 8. The van der Waals surface area contributed by atoms with Crippen LogP contribution in [-0.2, 0) is 9.53 Å². The molecule has 0 aliphatic heterocycles. The number of alkyl halides is 2. The number of halogens is 2. The average molecular weight is 438 g/mol. The molecule has 2 nitrogen and oxygen atoms in total. The van der Waals surface area contributed by atoms with E-state index in [2.05, 4.69) is 52.1 Å². The minimum absolute atomic E-state index is 0.0883. The summed E-state index contributed by atoms with van der Waals surface area (Å²) < 4.78 is 5.64. The van der Waals surface area contributed by atoms with Crippen LogP contribution >= 0.6 is 45.2 Å². The largest absolute Gasteiger partial charge is 0.461 e. The summed E-state index contributed by atoms with van der Waals surface area (Å²) >= 11 is 4.63. The molecule has 0 aromatic rings. The van der Waals surface area contributed by atoms with E-state index in [1.165, 1.54) is 39.0 Å². The van der Waals surface area contributed by atoms with Crippen molar-refractivity contribution in [2.75, 3.05) is 0 Å². The van der Waals surface area contributed by atoms with Crippen molar-refractivity contribution in [1.82, 2.24) is 0 Å². The monoisotopic (exact) mass is 438 g/mol. The van der Waals surface area contributed by atoms with Crippen molar-refractivity contribution in [3.63, 3.8) is 0 Å². The Balaban J connectivity index is 3.62. The zero-order valence-corrected chi connectivity index (χ0v) is 13.8. The van der Waals surface area contributed by atoms with Crippen LogP contribution in [0.3, 0.4) is 0 Å². The fourth-order valence-electron chi connectivity index (χ4n) is 1.40. The Bertz CT molecular complexity index is 172. The summed E-state index contributed by atoms with van der Waals surface area (Å²) in [6.45, 7) is 3.70. The predicted molar refractivity (Wildman–Crippen MR) is 80.8 cm³/mol. The molecule has 0 radical (unpaired) electrons. The fraction of sp³-hybridized carbons (Fsp3) is 0.909. The number of unbranched alkanes of at least 4 members (excludes halogenated alkanes) is 4. The third-order valence-corrected chi connectivity index (χ3v) is 3.79. The Morgan fingerprint density at radius 2 is 1.80 bits per heavy atom. The molecule has 0 bridgehead atoms. The normalized spacial score (nSPS) is 12.9. The summed E-state index contributed by atoms with van der Waals surface area (Å²) in [7, 11) is 0. The lowest BCUT2D eigenvalue weighted by molar-refractivity contribution is -0.145. The molecule has 0 saturated heterocycles. The first-order valence-corrected chi connectivity index (χ1v) is 8.02. The first kappa shape index (κ1) is 15.9. The van der Waals surface area contributed by atoms with E-state index in [1.807, 2.05) is 0 Å². The summed E-state index contributed by atoms with van der Waals surface area (Å²) in [5.41, 5.74) is 0. The Kier molecular flexibility index (Phi) is 10.7. The van der Waals surface area contributed by atoms with Crippen molar-refractivity contribution in [2.45, 2.75) is 60.4 Å². The predicted octanol–water partition coefficient (Wildman–Crippen LogP) is 4.47. The lowest BCUT2D eigenvalue weighted by Gasteiger charge is -2.18. The van der Waals surface area contributed by atoms with Crippen molar-refractivity contribution in [3.05, 3.63) is 0 Å².